The first-order chi connectivity index (χ1) is 12.0. The number of benzene rings is 2. The van der Waals surface area contributed by atoms with Crippen molar-refractivity contribution in [2.75, 3.05) is 23.4 Å². The summed E-state index contributed by atoms with van der Waals surface area (Å²) in [5, 5.41) is 3.59. The zero-order chi connectivity index (χ0) is 17.8. The lowest BCUT2D eigenvalue weighted by Crippen LogP contribution is -2.24. The summed E-state index contributed by atoms with van der Waals surface area (Å²) in [6.45, 7) is 0.517. The molecule has 1 fully saturated rings. The molecule has 0 aliphatic carbocycles. The highest BCUT2D eigenvalue weighted by atomic mass is 35.5. The number of hydrogen-bond donors (Lipinski definition) is 1. The molecule has 7 heteroatoms. The van der Waals surface area contributed by atoms with Gasteiger partial charge in [-0.15, -0.1) is 0 Å². The van der Waals surface area contributed by atoms with Crippen LogP contribution in [0.4, 0.5) is 11.4 Å². The van der Waals surface area contributed by atoms with Crippen LogP contribution in [0.25, 0.3) is 0 Å². The van der Waals surface area contributed by atoms with E-state index in [-0.39, 0.29) is 18.4 Å². The molecule has 5 nitrogen and oxygen atoms in total. The number of amides is 2. The lowest BCUT2D eigenvalue weighted by molar-refractivity contribution is -0.118. The largest absolute Gasteiger partial charge is 0.482 e. The second-order valence-corrected chi connectivity index (χ2v) is 6.45. The fourth-order valence-corrected chi connectivity index (χ4v) is 3.07. The molecule has 0 aromatic heterocycles. The molecule has 0 spiro atoms. The Balaban J connectivity index is 1.60. The van der Waals surface area contributed by atoms with Gasteiger partial charge >= 0.3 is 0 Å². The van der Waals surface area contributed by atoms with Crippen molar-refractivity contribution >= 4 is 46.4 Å². The number of rotatable bonds is 5. The van der Waals surface area contributed by atoms with E-state index in [2.05, 4.69) is 5.32 Å². The van der Waals surface area contributed by atoms with Crippen molar-refractivity contribution in [1.82, 2.24) is 0 Å². The lowest BCUT2D eigenvalue weighted by atomic mass is 10.2. The quantitative estimate of drug-likeness (QED) is 0.850. The number of ether oxygens (including phenoxy) is 1. The first-order valence-electron chi connectivity index (χ1n) is 7.81. The van der Waals surface area contributed by atoms with Crippen molar-refractivity contribution in [3.8, 4) is 5.75 Å². The number of carbonyl (C=O) groups is 2. The van der Waals surface area contributed by atoms with Gasteiger partial charge in [0.1, 0.15) is 5.75 Å². The Morgan fingerprint density at radius 1 is 1.20 bits per heavy atom. The Labute approximate surface area is 155 Å². The van der Waals surface area contributed by atoms with E-state index in [0.717, 1.165) is 12.1 Å². The molecule has 2 amide bonds. The predicted molar refractivity (Wildman–Crippen MR) is 98.6 cm³/mol. The molecule has 1 aliphatic heterocycles. The van der Waals surface area contributed by atoms with Gasteiger partial charge in [-0.2, -0.15) is 0 Å². The Kier molecular flexibility index (Phi) is 5.46. The summed E-state index contributed by atoms with van der Waals surface area (Å²) < 4.78 is 5.41. The Bertz CT molecular complexity index is 811. The molecule has 0 bridgehead atoms. The highest BCUT2D eigenvalue weighted by Gasteiger charge is 2.21. The molecule has 1 N–H and O–H groups in total. The van der Waals surface area contributed by atoms with Crippen LogP contribution in [0.1, 0.15) is 12.8 Å². The average molecular weight is 379 g/mol. The van der Waals surface area contributed by atoms with E-state index < -0.39 is 0 Å². The van der Waals surface area contributed by atoms with Crippen LogP contribution in [0.5, 0.6) is 5.75 Å². The molecule has 2 aromatic carbocycles. The van der Waals surface area contributed by atoms with E-state index in [0.29, 0.717) is 34.4 Å². The van der Waals surface area contributed by atoms with Crippen LogP contribution in [0, 0.1) is 0 Å². The zero-order valence-electron chi connectivity index (χ0n) is 13.3. The van der Waals surface area contributed by atoms with E-state index in [1.54, 1.807) is 41.3 Å². The molecule has 0 radical (unpaired) electrons. The summed E-state index contributed by atoms with van der Waals surface area (Å²) in [6.07, 6.45) is 1.41. The van der Waals surface area contributed by atoms with Crippen LogP contribution in [0.2, 0.25) is 10.0 Å². The van der Waals surface area contributed by atoms with Crippen LogP contribution in [0.3, 0.4) is 0 Å². The van der Waals surface area contributed by atoms with E-state index in [9.17, 15) is 9.59 Å². The Morgan fingerprint density at radius 3 is 2.76 bits per heavy atom. The van der Waals surface area contributed by atoms with Crippen LogP contribution < -0.4 is 15.0 Å². The SMILES string of the molecule is O=C(COc1ccc(Cl)cc1Cl)Nc1cccc(N2CCCC2=O)c1. The van der Waals surface area contributed by atoms with E-state index in [1.165, 1.54) is 0 Å². The molecule has 1 aliphatic rings. The molecule has 3 rings (SSSR count). The number of nitrogens with one attached hydrogen (secondary N) is 1. The normalized spacial score (nSPS) is 13.8. The minimum atomic E-state index is -0.323. The standard InChI is InChI=1S/C18H16Cl2N2O3/c19-12-6-7-16(15(20)9-12)25-11-17(23)21-13-3-1-4-14(10-13)22-8-2-5-18(22)24/h1,3-4,6-7,9-10H,2,5,8,11H2,(H,21,23). The number of carbonyl (C=O) groups excluding carboxylic acids is 2. The molecule has 2 aromatic rings. The molecular formula is C18H16Cl2N2O3. The van der Waals surface area contributed by atoms with Gasteiger partial charge < -0.3 is 15.0 Å². The van der Waals surface area contributed by atoms with E-state index in [4.69, 9.17) is 27.9 Å². The first kappa shape index (κ1) is 17.6. The van der Waals surface area contributed by atoms with Crippen LogP contribution in [-0.2, 0) is 9.59 Å². The van der Waals surface area contributed by atoms with Crippen molar-refractivity contribution < 1.29 is 14.3 Å². The molecule has 0 unspecified atom stereocenters. The zero-order valence-corrected chi connectivity index (χ0v) is 14.8. The minimum absolute atomic E-state index is 0.101. The van der Waals surface area contributed by atoms with Crippen molar-refractivity contribution in [2.45, 2.75) is 12.8 Å². The third-order valence-electron chi connectivity index (χ3n) is 3.77. The fraction of sp³-hybridized carbons (Fsp3) is 0.222. The molecule has 0 saturated carbocycles. The second-order valence-electron chi connectivity index (χ2n) is 5.61. The third-order valence-corrected chi connectivity index (χ3v) is 4.30. The van der Waals surface area contributed by atoms with E-state index >= 15 is 0 Å². The monoisotopic (exact) mass is 378 g/mol. The van der Waals surface area contributed by atoms with Gasteiger partial charge in [-0.05, 0) is 42.8 Å². The van der Waals surface area contributed by atoms with Gasteiger partial charge in [0.25, 0.3) is 5.91 Å². The lowest BCUT2D eigenvalue weighted by Gasteiger charge is -2.17. The maximum atomic E-state index is 12.1. The maximum absolute atomic E-state index is 12.1. The molecule has 25 heavy (non-hydrogen) atoms. The van der Waals surface area contributed by atoms with Gasteiger partial charge in [-0.1, -0.05) is 29.3 Å². The van der Waals surface area contributed by atoms with Crippen molar-refractivity contribution in [2.24, 2.45) is 0 Å². The van der Waals surface area contributed by atoms with Crippen LogP contribution in [-0.4, -0.2) is 25.0 Å². The molecule has 1 saturated heterocycles. The third kappa shape index (κ3) is 4.44. The fourth-order valence-electron chi connectivity index (χ4n) is 2.61. The smallest absolute Gasteiger partial charge is 0.262 e. The highest BCUT2D eigenvalue weighted by molar-refractivity contribution is 6.35. The van der Waals surface area contributed by atoms with Crippen LogP contribution >= 0.6 is 23.2 Å². The van der Waals surface area contributed by atoms with Gasteiger partial charge in [0.2, 0.25) is 5.91 Å². The molecule has 130 valence electrons. The topological polar surface area (TPSA) is 58.6 Å². The maximum Gasteiger partial charge on any atom is 0.262 e. The second kappa shape index (κ2) is 7.76. The van der Waals surface area contributed by atoms with Gasteiger partial charge in [0, 0.05) is 29.4 Å². The van der Waals surface area contributed by atoms with Gasteiger partial charge in [-0.25, -0.2) is 0 Å². The average Bonchev–Trinajstić information content (AvgIpc) is 3.00. The number of halogens is 2. The van der Waals surface area contributed by atoms with Crippen LogP contribution in [0.15, 0.2) is 42.5 Å². The summed E-state index contributed by atoms with van der Waals surface area (Å²) in [5.74, 6) is 0.165. The van der Waals surface area contributed by atoms with E-state index in [1.807, 2.05) is 6.07 Å². The van der Waals surface area contributed by atoms with Gasteiger partial charge in [-0.3, -0.25) is 9.59 Å². The predicted octanol–water partition coefficient (Wildman–Crippen LogP) is 4.14. The number of hydrogen-bond acceptors (Lipinski definition) is 3. The highest BCUT2D eigenvalue weighted by Crippen LogP contribution is 2.27. The summed E-state index contributed by atoms with van der Waals surface area (Å²) in [4.78, 5) is 25.6. The summed E-state index contributed by atoms with van der Waals surface area (Å²) in [7, 11) is 0. The molecule has 1 heterocycles. The van der Waals surface area contributed by atoms with Crippen molar-refractivity contribution in [1.29, 1.82) is 0 Å². The molecular weight excluding hydrogens is 363 g/mol. The van der Waals surface area contributed by atoms with Crippen molar-refractivity contribution in [3.63, 3.8) is 0 Å². The summed E-state index contributed by atoms with van der Waals surface area (Å²) in [5.41, 5.74) is 1.38. The Hall–Kier alpha value is -2.24. The molecule has 0 atom stereocenters. The summed E-state index contributed by atoms with van der Waals surface area (Å²) in [6, 6.07) is 12.0. The number of anilines is 2. The Morgan fingerprint density at radius 2 is 2.04 bits per heavy atom. The van der Waals surface area contributed by atoms with Gasteiger partial charge in [0.15, 0.2) is 6.61 Å². The number of nitrogens with zero attached hydrogens (tertiary/aromatic N) is 1. The minimum Gasteiger partial charge on any atom is -0.482 e. The summed E-state index contributed by atoms with van der Waals surface area (Å²) >= 11 is 11.8. The van der Waals surface area contributed by atoms with Gasteiger partial charge in [0.05, 0.1) is 5.02 Å². The van der Waals surface area contributed by atoms with Crippen molar-refractivity contribution in [3.05, 3.63) is 52.5 Å². The first-order valence-corrected chi connectivity index (χ1v) is 8.56.